The van der Waals surface area contributed by atoms with Crippen LogP contribution < -0.4 is 10.4 Å². The van der Waals surface area contributed by atoms with Crippen molar-refractivity contribution in [2.45, 2.75) is 12.3 Å². The van der Waals surface area contributed by atoms with Gasteiger partial charge in [-0.2, -0.15) is 0 Å². The van der Waals surface area contributed by atoms with Gasteiger partial charge in [0.15, 0.2) is 5.37 Å². The van der Waals surface area contributed by atoms with Gasteiger partial charge < -0.3 is 15.2 Å². The first-order valence-electron chi connectivity index (χ1n) is 5.52. The zero-order valence-electron chi connectivity index (χ0n) is 10.1. The van der Waals surface area contributed by atoms with Gasteiger partial charge >= 0.3 is 0 Å². The van der Waals surface area contributed by atoms with Gasteiger partial charge in [-0.3, -0.25) is 14.5 Å². The summed E-state index contributed by atoms with van der Waals surface area (Å²) in [6.45, 7) is 1.19. The van der Waals surface area contributed by atoms with Crippen LogP contribution >= 0.6 is 11.8 Å². The molecular weight excluding hydrogens is 268 g/mol. The highest BCUT2D eigenvalue weighted by Crippen LogP contribution is 2.28. The van der Waals surface area contributed by atoms with Crippen molar-refractivity contribution in [1.82, 2.24) is 4.90 Å². The highest BCUT2D eigenvalue weighted by molar-refractivity contribution is 8.15. The second-order valence-electron chi connectivity index (χ2n) is 4.07. The Balaban J connectivity index is 2.09. The largest absolute Gasteiger partial charge is 0.548 e. The number of benzene rings is 1. The van der Waals surface area contributed by atoms with Gasteiger partial charge in [-0.1, -0.05) is 12.1 Å². The fourth-order valence-electron chi connectivity index (χ4n) is 1.70. The van der Waals surface area contributed by atoms with Crippen LogP contribution in [0.4, 0.5) is 10.5 Å². The molecule has 1 N–H and O–H groups in total. The molecule has 1 fully saturated rings. The van der Waals surface area contributed by atoms with Crippen molar-refractivity contribution >= 4 is 34.6 Å². The molecule has 6 nitrogen and oxygen atoms in total. The number of carboxylic acids is 1. The highest BCUT2D eigenvalue weighted by Gasteiger charge is 2.39. The number of thioether (sulfide) groups is 1. The van der Waals surface area contributed by atoms with Crippen LogP contribution in [-0.2, 0) is 9.59 Å². The van der Waals surface area contributed by atoms with E-state index in [1.807, 2.05) is 25.1 Å². The zero-order valence-corrected chi connectivity index (χ0v) is 10.9. The average Bonchev–Trinajstić information content (AvgIpc) is 2.57. The first kappa shape index (κ1) is 13.4. The first-order valence-corrected chi connectivity index (χ1v) is 6.40. The van der Waals surface area contributed by atoms with Gasteiger partial charge in [0.2, 0.25) is 0 Å². The van der Waals surface area contributed by atoms with E-state index in [2.05, 4.69) is 5.32 Å². The Morgan fingerprint density at radius 1 is 1.47 bits per heavy atom. The molecule has 0 bridgehead atoms. The van der Waals surface area contributed by atoms with Crippen LogP contribution in [0.3, 0.4) is 0 Å². The lowest BCUT2D eigenvalue weighted by molar-refractivity contribution is -0.305. The minimum Gasteiger partial charge on any atom is -0.548 e. The number of hydrogen-bond donors (Lipinski definition) is 1. The molecule has 0 radical (unpaired) electrons. The summed E-state index contributed by atoms with van der Waals surface area (Å²) in [6, 6.07) is 7.33. The lowest BCUT2D eigenvalue weighted by atomic mass is 10.2. The van der Waals surface area contributed by atoms with Crippen molar-refractivity contribution in [3.05, 3.63) is 29.8 Å². The summed E-state index contributed by atoms with van der Waals surface area (Å²) in [6.07, 6.45) is 0. The third kappa shape index (κ3) is 3.05. The molecule has 1 atom stereocenters. The van der Waals surface area contributed by atoms with Crippen LogP contribution in [0.5, 0.6) is 0 Å². The quantitative estimate of drug-likeness (QED) is 0.845. The van der Waals surface area contributed by atoms with E-state index < -0.39 is 29.0 Å². The molecule has 0 unspecified atom stereocenters. The molecule has 1 saturated heterocycles. The summed E-state index contributed by atoms with van der Waals surface area (Å²) in [5.74, 6) is -2.03. The lowest BCUT2D eigenvalue weighted by Crippen LogP contribution is -2.42. The second-order valence-corrected chi connectivity index (χ2v) is 5.13. The van der Waals surface area contributed by atoms with Crippen LogP contribution in [0.15, 0.2) is 24.3 Å². The standard InChI is InChI=1S/C12H12N2O4S/c1-7-3-2-4-8(5-7)13-10-11(17)14(6-9(15)16)12(18)19-10/h2-5,10,13H,6H2,1H3,(H,15,16)/p-1/t10-/m1/s1. The van der Waals surface area contributed by atoms with E-state index in [0.29, 0.717) is 10.6 Å². The number of nitrogens with one attached hydrogen (secondary N) is 1. The molecule has 1 aromatic carbocycles. The smallest absolute Gasteiger partial charge is 0.291 e. The third-order valence-electron chi connectivity index (χ3n) is 2.53. The van der Waals surface area contributed by atoms with Gasteiger partial charge in [0, 0.05) is 5.69 Å². The van der Waals surface area contributed by atoms with Gasteiger partial charge in [-0.15, -0.1) is 0 Å². The number of carbonyl (C=O) groups excluding carboxylic acids is 3. The normalized spacial score (nSPS) is 18.8. The fraction of sp³-hybridized carbons (Fsp3) is 0.250. The number of anilines is 1. The second kappa shape index (κ2) is 5.31. The van der Waals surface area contributed by atoms with Gasteiger partial charge in [-0.25, -0.2) is 0 Å². The van der Waals surface area contributed by atoms with Crippen molar-refractivity contribution in [3.8, 4) is 0 Å². The molecule has 0 aliphatic carbocycles. The molecule has 1 aromatic rings. The fourth-order valence-corrected chi connectivity index (χ4v) is 2.60. The zero-order chi connectivity index (χ0) is 14.0. The number of aryl methyl sites for hydroxylation is 1. The van der Waals surface area contributed by atoms with Crippen molar-refractivity contribution < 1.29 is 19.5 Å². The maximum absolute atomic E-state index is 11.9. The average molecular weight is 279 g/mol. The molecule has 7 heteroatoms. The predicted molar refractivity (Wildman–Crippen MR) is 68.3 cm³/mol. The molecule has 0 spiro atoms. The Kier molecular flexibility index (Phi) is 3.75. The number of rotatable bonds is 4. The van der Waals surface area contributed by atoms with Gasteiger partial charge in [0.1, 0.15) is 0 Å². The van der Waals surface area contributed by atoms with Crippen LogP contribution in [-0.4, -0.2) is 33.9 Å². The van der Waals surface area contributed by atoms with Crippen LogP contribution in [0.25, 0.3) is 0 Å². The van der Waals surface area contributed by atoms with E-state index >= 15 is 0 Å². The third-order valence-corrected chi connectivity index (χ3v) is 3.51. The Hall–Kier alpha value is -2.02. The molecule has 1 aliphatic rings. The number of hydrogen-bond acceptors (Lipinski definition) is 6. The molecule has 1 aliphatic heterocycles. The molecule has 0 aromatic heterocycles. The molecule has 2 amide bonds. The summed E-state index contributed by atoms with van der Waals surface area (Å²) < 4.78 is 0. The van der Waals surface area contributed by atoms with Crippen molar-refractivity contribution in [2.75, 3.05) is 11.9 Å². The van der Waals surface area contributed by atoms with Crippen LogP contribution in [0.1, 0.15) is 5.56 Å². The van der Waals surface area contributed by atoms with E-state index in [-0.39, 0.29) is 0 Å². The van der Waals surface area contributed by atoms with E-state index in [1.54, 1.807) is 6.07 Å². The number of amides is 2. The summed E-state index contributed by atoms with van der Waals surface area (Å²) in [7, 11) is 0. The summed E-state index contributed by atoms with van der Waals surface area (Å²) in [5.41, 5.74) is 1.72. The number of nitrogens with zero attached hydrogens (tertiary/aromatic N) is 1. The number of aliphatic carboxylic acids is 1. The van der Waals surface area contributed by atoms with Crippen molar-refractivity contribution in [1.29, 1.82) is 0 Å². The van der Waals surface area contributed by atoms with Crippen molar-refractivity contribution in [3.63, 3.8) is 0 Å². The summed E-state index contributed by atoms with van der Waals surface area (Å²) in [5, 5.41) is 12.0. The molecule has 2 rings (SSSR count). The maximum Gasteiger partial charge on any atom is 0.291 e. The van der Waals surface area contributed by atoms with E-state index in [9.17, 15) is 19.5 Å². The Morgan fingerprint density at radius 3 is 2.84 bits per heavy atom. The maximum atomic E-state index is 11.9. The number of carbonyl (C=O) groups is 3. The SMILES string of the molecule is Cc1cccc(N[C@@H]2SC(=O)N(CC(=O)[O-])C2=O)c1. The molecule has 1 heterocycles. The minimum absolute atomic E-state index is 0.569. The van der Waals surface area contributed by atoms with Gasteiger partial charge in [0.05, 0.1) is 12.5 Å². The number of carboxylic acid groups (broad SMARTS) is 1. The van der Waals surface area contributed by atoms with Crippen molar-refractivity contribution in [2.24, 2.45) is 0 Å². The summed E-state index contributed by atoms with van der Waals surface area (Å²) >= 11 is 0.760. The monoisotopic (exact) mass is 279 g/mol. The first-order chi connectivity index (χ1) is 8.97. The topological polar surface area (TPSA) is 89.5 Å². The van der Waals surface area contributed by atoms with E-state index in [1.165, 1.54) is 0 Å². The molecule has 19 heavy (non-hydrogen) atoms. The molecule has 100 valence electrons. The van der Waals surface area contributed by atoms with E-state index in [4.69, 9.17) is 0 Å². The van der Waals surface area contributed by atoms with Crippen LogP contribution in [0.2, 0.25) is 0 Å². The summed E-state index contributed by atoms with van der Waals surface area (Å²) in [4.78, 5) is 34.5. The van der Waals surface area contributed by atoms with Crippen LogP contribution in [0, 0.1) is 6.92 Å². The Morgan fingerprint density at radius 2 is 2.21 bits per heavy atom. The predicted octanol–water partition coefficient (Wildman–Crippen LogP) is 0.178. The van der Waals surface area contributed by atoms with E-state index in [0.717, 1.165) is 17.3 Å². The minimum atomic E-state index is -1.46. The van der Waals surface area contributed by atoms with Gasteiger partial charge in [-0.05, 0) is 36.4 Å². The molecule has 0 saturated carbocycles. The molecular formula is C12H11N2O4S-. The Labute approximate surface area is 113 Å². The lowest BCUT2D eigenvalue weighted by Gasteiger charge is -2.15. The number of imide groups is 1. The van der Waals surface area contributed by atoms with Gasteiger partial charge in [0.25, 0.3) is 11.1 Å². The highest BCUT2D eigenvalue weighted by atomic mass is 32.2. The Bertz CT molecular complexity index is 546.